The van der Waals surface area contributed by atoms with Crippen molar-refractivity contribution < 1.29 is 83.7 Å². The van der Waals surface area contributed by atoms with Crippen LogP contribution in [0.4, 0.5) is 83.7 Å². The quantitative estimate of drug-likeness (QED) is 0.344. The molecular formula is C11H5F19. The number of alkyl halides is 18. The van der Waals surface area contributed by atoms with Gasteiger partial charge in [0, 0.05) is 0 Å². The molecule has 2 aliphatic carbocycles. The van der Waals surface area contributed by atoms with Gasteiger partial charge in [-0.3, -0.25) is 4.70 Å². The highest BCUT2D eigenvalue weighted by Crippen LogP contribution is 2.81. The van der Waals surface area contributed by atoms with Gasteiger partial charge in [-0.2, -0.15) is 70.2 Å². The fourth-order valence-corrected chi connectivity index (χ4v) is 2.91. The molecule has 2 aliphatic rings. The van der Waals surface area contributed by atoms with Gasteiger partial charge in [-0.1, -0.05) is 7.43 Å². The van der Waals surface area contributed by atoms with Crippen molar-refractivity contribution in [1.29, 1.82) is 0 Å². The molecule has 2 saturated carbocycles. The van der Waals surface area contributed by atoms with Crippen molar-refractivity contribution in [3.05, 3.63) is 0 Å². The predicted octanol–water partition coefficient (Wildman–Crippen LogP) is 6.30. The lowest BCUT2D eigenvalue weighted by molar-refractivity contribution is -0.560. The van der Waals surface area contributed by atoms with E-state index in [2.05, 4.69) is 0 Å². The summed E-state index contributed by atoms with van der Waals surface area (Å²) in [5, 5.41) is 0. The van der Waals surface area contributed by atoms with E-state index >= 15 is 0 Å². The Balaban J connectivity index is 0.00000420. The van der Waals surface area contributed by atoms with Crippen LogP contribution in [0, 0.1) is 0 Å². The lowest BCUT2D eigenvalue weighted by atomic mass is 9.54. The van der Waals surface area contributed by atoms with E-state index in [1.807, 2.05) is 0 Å². The summed E-state index contributed by atoms with van der Waals surface area (Å²) in [6, 6.07) is 0. The first-order chi connectivity index (χ1) is 11.8. The minimum absolute atomic E-state index is 0. The molecule has 0 N–H and O–H groups in total. The van der Waals surface area contributed by atoms with Gasteiger partial charge >= 0.3 is 47.4 Å². The Kier molecular flexibility index (Phi) is 5.46. The summed E-state index contributed by atoms with van der Waals surface area (Å²) in [7, 11) is 0. The molecule has 0 spiro atoms. The zero-order valence-corrected chi connectivity index (χ0v) is 12.2. The molecular weight excluding hydrogens is 493 g/mol. The van der Waals surface area contributed by atoms with E-state index < -0.39 is 58.7 Å². The third-order valence-electron chi connectivity index (χ3n) is 4.57. The third-order valence-corrected chi connectivity index (χ3v) is 4.57. The third kappa shape index (κ3) is 1.84. The Morgan fingerprint density at radius 1 is 0.233 bits per heavy atom. The minimum Gasteiger partial charge on any atom is -0.269 e. The zero-order chi connectivity index (χ0) is 23.0. The number of halogens is 19. The van der Waals surface area contributed by atoms with Gasteiger partial charge in [0.1, 0.15) is 0 Å². The van der Waals surface area contributed by atoms with E-state index in [4.69, 9.17) is 0 Å². The molecule has 182 valence electrons. The van der Waals surface area contributed by atoms with Crippen molar-refractivity contribution in [2.45, 2.75) is 66.1 Å². The number of fused-ring (bicyclic) bond motifs is 1. The first-order valence-electron chi connectivity index (χ1n) is 6.15. The second-order valence-electron chi connectivity index (χ2n) is 5.91. The Morgan fingerprint density at radius 3 is 0.433 bits per heavy atom. The molecule has 2 rings (SSSR count). The number of hydrogen-bond donors (Lipinski definition) is 0. The Labute approximate surface area is 151 Å². The standard InChI is InChI=1S/C10F18.CH4.FH/c11-1-2(12,5(17,18)9(25,26)7(21,22)3(1,13)14)6(19,20)10(27,28)8(23,24)4(1,15)16;;/h;1H4;1H. The summed E-state index contributed by atoms with van der Waals surface area (Å²) < 4.78 is 241. The van der Waals surface area contributed by atoms with Crippen LogP contribution in [0.1, 0.15) is 7.43 Å². The summed E-state index contributed by atoms with van der Waals surface area (Å²) in [6.45, 7) is 0. The first kappa shape index (κ1) is 28.7. The highest BCUT2D eigenvalue weighted by Gasteiger charge is 3.15. The number of rotatable bonds is 0. The van der Waals surface area contributed by atoms with Gasteiger partial charge in [0.05, 0.1) is 0 Å². The molecule has 2 fully saturated rings. The minimum atomic E-state index is -8.64. The first-order valence-corrected chi connectivity index (χ1v) is 6.15. The molecule has 0 amide bonds. The van der Waals surface area contributed by atoms with E-state index in [1.54, 1.807) is 0 Å². The molecule has 0 aliphatic heterocycles. The topological polar surface area (TPSA) is 0 Å². The fraction of sp³-hybridized carbons (Fsp3) is 1.00. The van der Waals surface area contributed by atoms with E-state index in [0.717, 1.165) is 0 Å². The summed E-state index contributed by atoms with van der Waals surface area (Å²) in [5.74, 6) is -66.8. The van der Waals surface area contributed by atoms with Crippen LogP contribution in [0.5, 0.6) is 0 Å². The average molecular weight is 498 g/mol. The highest BCUT2D eigenvalue weighted by atomic mass is 19.4. The Bertz CT molecular complexity index is 589. The van der Waals surface area contributed by atoms with Gasteiger partial charge in [-0.25, -0.2) is 8.78 Å². The highest BCUT2D eigenvalue weighted by molar-refractivity contribution is 5.42. The summed E-state index contributed by atoms with van der Waals surface area (Å²) in [5.41, 5.74) is -17.3. The maximum Gasteiger partial charge on any atom is 0.382 e. The monoisotopic (exact) mass is 498 g/mol. The molecule has 19 heteroatoms. The summed E-state index contributed by atoms with van der Waals surface area (Å²) in [4.78, 5) is 0. The second-order valence-corrected chi connectivity index (χ2v) is 5.91. The van der Waals surface area contributed by atoms with E-state index in [0.29, 0.717) is 0 Å². The summed E-state index contributed by atoms with van der Waals surface area (Å²) >= 11 is 0. The fourth-order valence-electron chi connectivity index (χ4n) is 2.91. The van der Waals surface area contributed by atoms with E-state index in [-0.39, 0.29) is 12.1 Å². The van der Waals surface area contributed by atoms with Crippen molar-refractivity contribution in [3.63, 3.8) is 0 Å². The molecule has 0 atom stereocenters. The molecule has 0 radical (unpaired) electrons. The molecule has 0 aromatic heterocycles. The van der Waals surface area contributed by atoms with Gasteiger partial charge in [-0.05, 0) is 0 Å². The van der Waals surface area contributed by atoms with Crippen molar-refractivity contribution in [3.8, 4) is 0 Å². The predicted molar refractivity (Wildman–Crippen MR) is 56.5 cm³/mol. The van der Waals surface area contributed by atoms with Crippen molar-refractivity contribution >= 4 is 0 Å². The normalized spacial score (nSPS) is 40.2. The van der Waals surface area contributed by atoms with Crippen LogP contribution in [0.25, 0.3) is 0 Å². The molecule has 0 unspecified atom stereocenters. The Hall–Kier alpha value is -1.33. The summed E-state index contributed by atoms with van der Waals surface area (Å²) in [6.07, 6.45) is 0. The average Bonchev–Trinajstić information content (AvgIpc) is 2.49. The molecule has 0 saturated heterocycles. The van der Waals surface area contributed by atoms with Crippen LogP contribution in [-0.2, 0) is 0 Å². The van der Waals surface area contributed by atoms with Crippen LogP contribution in [0.2, 0.25) is 0 Å². The van der Waals surface area contributed by atoms with E-state index in [1.165, 1.54) is 0 Å². The van der Waals surface area contributed by atoms with E-state index in [9.17, 15) is 79.0 Å². The van der Waals surface area contributed by atoms with Crippen molar-refractivity contribution in [2.24, 2.45) is 0 Å². The lowest BCUT2D eigenvalue weighted by Crippen LogP contribution is -2.98. The van der Waals surface area contributed by atoms with Gasteiger partial charge in [-0.15, -0.1) is 0 Å². The number of hydrogen-bond acceptors (Lipinski definition) is 0. The van der Waals surface area contributed by atoms with Gasteiger partial charge in [0.2, 0.25) is 0 Å². The van der Waals surface area contributed by atoms with Gasteiger partial charge in [0.25, 0.3) is 11.3 Å². The SMILES string of the molecule is C.F.FC1(F)C(F)(F)C(F)(F)C2(F)C(F)(F)C(F)(F)C(F)(F)C(F)(F)C2(F)C1(F)F. The maximum absolute atomic E-state index is 14.2. The molecule has 0 bridgehead atoms. The maximum atomic E-state index is 14.2. The molecule has 0 nitrogen and oxygen atoms in total. The molecule has 0 aromatic rings. The van der Waals surface area contributed by atoms with Crippen LogP contribution in [0.3, 0.4) is 0 Å². The molecule has 30 heavy (non-hydrogen) atoms. The van der Waals surface area contributed by atoms with Gasteiger partial charge in [0.15, 0.2) is 0 Å². The second kappa shape index (κ2) is 5.72. The molecule has 0 heterocycles. The molecule has 0 aromatic carbocycles. The van der Waals surface area contributed by atoms with Crippen LogP contribution < -0.4 is 0 Å². The van der Waals surface area contributed by atoms with Crippen molar-refractivity contribution in [2.75, 3.05) is 0 Å². The zero-order valence-electron chi connectivity index (χ0n) is 12.2. The lowest BCUT2D eigenvalue weighted by Gasteiger charge is -2.63. The van der Waals surface area contributed by atoms with Crippen LogP contribution >= 0.6 is 0 Å². The van der Waals surface area contributed by atoms with Crippen LogP contribution in [0.15, 0.2) is 0 Å². The van der Waals surface area contributed by atoms with Gasteiger partial charge < -0.3 is 0 Å². The Morgan fingerprint density at radius 2 is 0.333 bits per heavy atom. The largest absolute Gasteiger partial charge is 0.382 e. The smallest absolute Gasteiger partial charge is 0.269 e. The van der Waals surface area contributed by atoms with Crippen LogP contribution in [-0.4, -0.2) is 58.7 Å². The van der Waals surface area contributed by atoms with Crippen molar-refractivity contribution in [1.82, 2.24) is 0 Å².